The number of benzene rings is 3. The fourth-order valence-electron chi connectivity index (χ4n) is 8.08. The fraction of sp³-hybridized carbons (Fsp3) is 0.389. The van der Waals surface area contributed by atoms with Gasteiger partial charge >= 0.3 is 0 Å². The molecular weight excluding hydrogens is 524 g/mol. The van der Waals surface area contributed by atoms with E-state index in [1.807, 2.05) is 38.1 Å². The summed E-state index contributed by atoms with van der Waals surface area (Å²) >= 11 is 0. The van der Waals surface area contributed by atoms with Crippen LogP contribution in [0.15, 0.2) is 60.7 Å². The summed E-state index contributed by atoms with van der Waals surface area (Å²) in [5.41, 5.74) is 7.48. The van der Waals surface area contributed by atoms with Crippen LogP contribution >= 0.6 is 0 Å². The van der Waals surface area contributed by atoms with Crippen LogP contribution in [0.25, 0.3) is 0 Å². The average molecular weight is 561 g/mol. The van der Waals surface area contributed by atoms with Crippen molar-refractivity contribution in [3.05, 3.63) is 105 Å². The molecule has 0 aromatic heterocycles. The Balaban J connectivity index is 1.02. The van der Waals surface area contributed by atoms with Gasteiger partial charge in [0.15, 0.2) is 0 Å². The summed E-state index contributed by atoms with van der Waals surface area (Å²) in [6.07, 6.45) is 8.74. The lowest BCUT2D eigenvalue weighted by Crippen LogP contribution is -2.45. The zero-order valence-electron chi connectivity index (χ0n) is 24.4. The highest BCUT2D eigenvalue weighted by atomic mass is 16.2. The largest absolute Gasteiger partial charge is 0.275 e. The van der Waals surface area contributed by atoms with Gasteiger partial charge in [-0.1, -0.05) is 36.4 Å². The minimum absolute atomic E-state index is 0.158. The Labute approximate surface area is 246 Å². The van der Waals surface area contributed by atoms with Gasteiger partial charge in [0.05, 0.1) is 22.3 Å². The van der Waals surface area contributed by atoms with E-state index >= 15 is 0 Å². The summed E-state index contributed by atoms with van der Waals surface area (Å²) in [7, 11) is 0. The second-order valence-corrected chi connectivity index (χ2v) is 12.8. The van der Waals surface area contributed by atoms with Crippen LogP contribution in [-0.2, 0) is 18.3 Å². The Morgan fingerprint density at radius 1 is 0.548 bits per heavy atom. The summed E-state index contributed by atoms with van der Waals surface area (Å²) in [6.45, 7) is 4.46. The lowest BCUT2D eigenvalue weighted by atomic mass is 9.50. The van der Waals surface area contributed by atoms with Crippen LogP contribution in [0.5, 0.6) is 0 Å². The van der Waals surface area contributed by atoms with Crippen molar-refractivity contribution >= 4 is 23.6 Å². The molecule has 0 spiro atoms. The number of nitrogens with zero attached hydrogens (tertiary/aromatic N) is 2. The summed E-state index contributed by atoms with van der Waals surface area (Å²) in [6, 6.07) is 20.6. The molecule has 0 saturated heterocycles. The van der Waals surface area contributed by atoms with Crippen molar-refractivity contribution in [2.75, 3.05) is 13.1 Å². The van der Waals surface area contributed by atoms with Crippen LogP contribution in [0.2, 0.25) is 0 Å². The predicted molar refractivity (Wildman–Crippen MR) is 160 cm³/mol. The molecule has 3 fully saturated rings. The Morgan fingerprint density at radius 3 is 1.52 bits per heavy atom. The van der Waals surface area contributed by atoms with E-state index in [2.05, 4.69) is 30.3 Å². The first-order valence-electron chi connectivity index (χ1n) is 15.3. The van der Waals surface area contributed by atoms with Crippen LogP contribution in [0, 0.1) is 5.41 Å². The molecule has 0 N–H and O–H groups in total. The molecule has 0 unspecified atom stereocenters. The Morgan fingerprint density at radius 2 is 1.00 bits per heavy atom. The van der Waals surface area contributed by atoms with Crippen LogP contribution in [-0.4, -0.2) is 46.5 Å². The normalized spacial score (nSPS) is 24.5. The van der Waals surface area contributed by atoms with Gasteiger partial charge in [0, 0.05) is 13.1 Å². The third-order valence-corrected chi connectivity index (χ3v) is 10.7. The van der Waals surface area contributed by atoms with E-state index in [-0.39, 0.29) is 34.5 Å². The molecular formula is C36H36N2O4. The highest BCUT2D eigenvalue weighted by molar-refractivity contribution is 6.22. The van der Waals surface area contributed by atoms with E-state index in [9.17, 15) is 19.2 Å². The molecule has 3 aromatic rings. The Kier molecular flexibility index (Phi) is 6.23. The predicted octanol–water partition coefficient (Wildman–Crippen LogP) is 6.34. The zero-order chi connectivity index (χ0) is 29.2. The molecule has 3 aliphatic carbocycles. The first kappa shape index (κ1) is 26.8. The van der Waals surface area contributed by atoms with Crippen LogP contribution in [0.1, 0.15) is 116 Å². The lowest BCUT2D eigenvalue weighted by molar-refractivity contribution is 0.0400. The Hall–Kier alpha value is -4.06. The van der Waals surface area contributed by atoms with Gasteiger partial charge in [-0.15, -0.1) is 0 Å². The van der Waals surface area contributed by atoms with Gasteiger partial charge in [-0.3, -0.25) is 29.0 Å². The summed E-state index contributed by atoms with van der Waals surface area (Å²) in [4.78, 5) is 53.0. The third kappa shape index (κ3) is 4.06. The van der Waals surface area contributed by atoms with Gasteiger partial charge in [0.1, 0.15) is 0 Å². The number of imide groups is 2. The van der Waals surface area contributed by atoms with Gasteiger partial charge in [0.2, 0.25) is 0 Å². The number of hydrogen-bond acceptors (Lipinski definition) is 4. The smallest absolute Gasteiger partial charge is 0.261 e. The SMILES string of the molecule is CCN1C(=O)c2ccc(Cc3ccc(C45CCC(Cc6ccc7c(c6)C(=O)N(CC)C7=O)(CC4)CC5)cc3)cc2C1=O. The van der Waals surface area contributed by atoms with E-state index in [1.165, 1.54) is 65.0 Å². The maximum Gasteiger partial charge on any atom is 0.261 e. The second kappa shape index (κ2) is 9.75. The monoisotopic (exact) mass is 560 g/mol. The van der Waals surface area contributed by atoms with Gasteiger partial charge in [-0.05, 0) is 123 Å². The van der Waals surface area contributed by atoms with Crippen molar-refractivity contribution in [2.24, 2.45) is 5.41 Å². The maximum atomic E-state index is 12.7. The fourth-order valence-corrected chi connectivity index (χ4v) is 8.08. The van der Waals surface area contributed by atoms with Gasteiger partial charge in [-0.2, -0.15) is 0 Å². The minimum atomic E-state index is -0.196. The van der Waals surface area contributed by atoms with Gasteiger partial charge in [-0.25, -0.2) is 0 Å². The number of carbonyl (C=O) groups excluding carboxylic acids is 4. The van der Waals surface area contributed by atoms with E-state index < -0.39 is 0 Å². The summed E-state index contributed by atoms with van der Waals surface area (Å²) < 4.78 is 0. The van der Waals surface area contributed by atoms with E-state index in [0.29, 0.717) is 35.3 Å². The molecule has 42 heavy (non-hydrogen) atoms. The van der Waals surface area contributed by atoms with Crippen molar-refractivity contribution in [2.45, 2.75) is 70.6 Å². The van der Waals surface area contributed by atoms with E-state index in [1.54, 1.807) is 6.07 Å². The molecule has 2 bridgehead atoms. The number of amides is 4. The minimum Gasteiger partial charge on any atom is -0.275 e. The molecule has 0 radical (unpaired) electrons. The maximum absolute atomic E-state index is 12.7. The van der Waals surface area contributed by atoms with E-state index in [4.69, 9.17) is 0 Å². The number of rotatable bonds is 7. The number of fused-ring (bicyclic) bond motifs is 5. The standard InChI is InChI=1S/C36H36N2O4/c1-3-37-31(39)27-11-7-24(20-29(27)33(37)41)19-23-5-9-26(10-6-23)36-16-13-35(14-17-36,15-18-36)22-25-8-12-28-30(21-25)34(42)38(4-2)32(28)40/h5-12,20-21H,3-4,13-19,22H2,1-2H3. The lowest BCUT2D eigenvalue weighted by Gasteiger charge is -2.54. The highest BCUT2D eigenvalue weighted by Crippen LogP contribution is 2.59. The molecule has 6 heteroatoms. The van der Waals surface area contributed by atoms with Crippen LogP contribution in [0.4, 0.5) is 0 Å². The molecule has 2 aliphatic heterocycles. The van der Waals surface area contributed by atoms with Crippen molar-refractivity contribution in [3.8, 4) is 0 Å². The molecule has 6 nitrogen and oxygen atoms in total. The molecule has 3 saturated carbocycles. The Bertz CT molecular complexity index is 1630. The van der Waals surface area contributed by atoms with E-state index in [0.717, 1.165) is 18.4 Å². The molecule has 214 valence electrons. The summed E-state index contributed by atoms with van der Waals surface area (Å²) in [5.74, 6) is -0.716. The van der Waals surface area contributed by atoms with Crippen molar-refractivity contribution in [1.82, 2.24) is 9.80 Å². The molecule has 5 aliphatic rings. The number of hydrogen-bond donors (Lipinski definition) is 0. The molecule has 3 aromatic carbocycles. The van der Waals surface area contributed by atoms with Crippen LogP contribution in [0.3, 0.4) is 0 Å². The van der Waals surface area contributed by atoms with Crippen molar-refractivity contribution in [3.63, 3.8) is 0 Å². The average Bonchev–Trinajstić information content (AvgIpc) is 3.40. The molecule has 4 amide bonds. The first-order chi connectivity index (χ1) is 20.3. The van der Waals surface area contributed by atoms with Gasteiger partial charge < -0.3 is 0 Å². The molecule has 2 heterocycles. The highest BCUT2D eigenvalue weighted by Gasteiger charge is 2.49. The topological polar surface area (TPSA) is 74.8 Å². The molecule has 0 atom stereocenters. The molecule has 8 rings (SSSR count). The zero-order valence-corrected chi connectivity index (χ0v) is 24.4. The summed E-state index contributed by atoms with van der Waals surface area (Å²) in [5, 5.41) is 0. The van der Waals surface area contributed by atoms with Crippen molar-refractivity contribution < 1.29 is 19.2 Å². The first-order valence-corrected chi connectivity index (χ1v) is 15.3. The number of carbonyl (C=O) groups is 4. The van der Waals surface area contributed by atoms with Crippen molar-refractivity contribution in [1.29, 1.82) is 0 Å². The van der Waals surface area contributed by atoms with Gasteiger partial charge in [0.25, 0.3) is 23.6 Å². The third-order valence-electron chi connectivity index (χ3n) is 10.7. The quantitative estimate of drug-likeness (QED) is 0.316. The second-order valence-electron chi connectivity index (χ2n) is 12.8. The van der Waals surface area contributed by atoms with Crippen LogP contribution < -0.4 is 0 Å².